The molecule has 0 aliphatic heterocycles. The predicted octanol–water partition coefficient (Wildman–Crippen LogP) is 4.57. The van der Waals surface area contributed by atoms with E-state index in [-0.39, 0.29) is 5.69 Å². The fourth-order valence-electron chi connectivity index (χ4n) is 2.28. The van der Waals surface area contributed by atoms with Crippen LogP contribution in [0.15, 0.2) is 23.1 Å². The van der Waals surface area contributed by atoms with Gasteiger partial charge in [-0.2, -0.15) is 13.2 Å². The molecule has 0 atom stereocenters. The van der Waals surface area contributed by atoms with Gasteiger partial charge < -0.3 is 5.73 Å². The van der Waals surface area contributed by atoms with Gasteiger partial charge in [-0.05, 0) is 37.0 Å². The van der Waals surface area contributed by atoms with Gasteiger partial charge in [0.2, 0.25) is 0 Å². The first-order valence-electron chi connectivity index (χ1n) is 6.06. The first-order chi connectivity index (χ1) is 8.47. The third-order valence-electron chi connectivity index (χ3n) is 3.26. The van der Waals surface area contributed by atoms with Crippen molar-refractivity contribution < 1.29 is 13.2 Å². The van der Waals surface area contributed by atoms with Gasteiger partial charge in [0.15, 0.2) is 0 Å². The molecule has 1 fully saturated rings. The summed E-state index contributed by atoms with van der Waals surface area (Å²) in [5, 5.41) is 0. The van der Waals surface area contributed by atoms with E-state index in [1.807, 2.05) is 0 Å². The van der Waals surface area contributed by atoms with Crippen LogP contribution < -0.4 is 5.73 Å². The van der Waals surface area contributed by atoms with Crippen molar-refractivity contribution in [3.05, 3.63) is 23.8 Å². The molecule has 1 aliphatic rings. The Morgan fingerprint density at radius 2 is 1.89 bits per heavy atom. The minimum Gasteiger partial charge on any atom is -0.399 e. The lowest BCUT2D eigenvalue weighted by molar-refractivity contribution is -0.139. The van der Waals surface area contributed by atoms with Crippen LogP contribution >= 0.6 is 11.8 Å². The van der Waals surface area contributed by atoms with Crippen molar-refractivity contribution in [1.82, 2.24) is 0 Å². The molecule has 100 valence electrons. The number of hydrogen-bond acceptors (Lipinski definition) is 2. The highest BCUT2D eigenvalue weighted by molar-refractivity contribution is 7.99. The van der Waals surface area contributed by atoms with Gasteiger partial charge in [0.25, 0.3) is 0 Å². The summed E-state index contributed by atoms with van der Waals surface area (Å²) < 4.78 is 38.6. The molecule has 1 saturated carbocycles. The number of nitrogen functional groups attached to an aromatic ring is 1. The summed E-state index contributed by atoms with van der Waals surface area (Å²) >= 11 is 1.30. The van der Waals surface area contributed by atoms with Crippen molar-refractivity contribution in [2.45, 2.75) is 36.8 Å². The van der Waals surface area contributed by atoms with Crippen LogP contribution in [0.4, 0.5) is 18.9 Å². The molecule has 0 unspecified atom stereocenters. The zero-order valence-corrected chi connectivity index (χ0v) is 10.8. The van der Waals surface area contributed by atoms with Crippen LogP contribution in [0.5, 0.6) is 0 Å². The lowest BCUT2D eigenvalue weighted by atomic mass is 10.1. The second-order valence-electron chi connectivity index (χ2n) is 4.71. The van der Waals surface area contributed by atoms with E-state index in [2.05, 4.69) is 0 Å². The minimum atomic E-state index is -4.33. The number of alkyl halides is 3. The molecule has 5 heteroatoms. The van der Waals surface area contributed by atoms with Gasteiger partial charge in [0, 0.05) is 16.3 Å². The number of rotatable bonds is 3. The molecule has 1 aromatic rings. The van der Waals surface area contributed by atoms with Crippen molar-refractivity contribution in [1.29, 1.82) is 0 Å². The number of hydrogen-bond donors (Lipinski definition) is 1. The lowest BCUT2D eigenvalue weighted by Crippen LogP contribution is -2.08. The molecule has 0 heterocycles. The average Bonchev–Trinajstić information content (AvgIpc) is 2.79. The van der Waals surface area contributed by atoms with Crippen molar-refractivity contribution in [3.8, 4) is 0 Å². The van der Waals surface area contributed by atoms with Crippen molar-refractivity contribution in [2.75, 3.05) is 11.5 Å². The van der Waals surface area contributed by atoms with Crippen LogP contribution in [0.2, 0.25) is 0 Å². The third-order valence-corrected chi connectivity index (χ3v) is 4.56. The van der Waals surface area contributed by atoms with Crippen molar-refractivity contribution >= 4 is 17.4 Å². The highest BCUT2D eigenvalue weighted by Crippen LogP contribution is 2.39. The van der Waals surface area contributed by atoms with Gasteiger partial charge in [0.05, 0.1) is 5.56 Å². The second-order valence-corrected chi connectivity index (χ2v) is 5.78. The average molecular weight is 275 g/mol. The van der Waals surface area contributed by atoms with E-state index >= 15 is 0 Å². The summed E-state index contributed by atoms with van der Waals surface area (Å²) in [7, 11) is 0. The zero-order chi connectivity index (χ0) is 13.2. The normalized spacial score (nSPS) is 17.3. The Morgan fingerprint density at radius 3 is 2.50 bits per heavy atom. The van der Waals surface area contributed by atoms with Crippen LogP contribution in [0.3, 0.4) is 0 Å². The summed E-state index contributed by atoms with van der Waals surface area (Å²) in [5.74, 6) is 1.33. The van der Waals surface area contributed by atoms with Crippen LogP contribution in [0.25, 0.3) is 0 Å². The molecule has 1 aliphatic carbocycles. The van der Waals surface area contributed by atoms with Gasteiger partial charge in [-0.25, -0.2) is 0 Å². The van der Waals surface area contributed by atoms with Crippen LogP contribution in [0.1, 0.15) is 31.2 Å². The SMILES string of the molecule is Nc1ccc(SCC2CCCC2)c(C(F)(F)F)c1. The van der Waals surface area contributed by atoms with Crippen LogP contribution in [-0.2, 0) is 6.18 Å². The monoisotopic (exact) mass is 275 g/mol. The lowest BCUT2D eigenvalue weighted by Gasteiger charge is -2.14. The molecule has 0 aromatic heterocycles. The van der Waals surface area contributed by atoms with Gasteiger partial charge in [-0.3, -0.25) is 0 Å². The third kappa shape index (κ3) is 3.34. The molecular weight excluding hydrogens is 259 g/mol. The Labute approximate surface area is 109 Å². The predicted molar refractivity (Wildman–Crippen MR) is 68.5 cm³/mol. The number of nitrogens with two attached hydrogens (primary N) is 1. The first kappa shape index (κ1) is 13.6. The summed E-state index contributed by atoms with van der Waals surface area (Å²) in [4.78, 5) is 0.295. The number of anilines is 1. The fourth-order valence-corrected chi connectivity index (χ4v) is 3.52. The van der Waals surface area contributed by atoms with Gasteiger partial charge in [-0.15, -0.1) is 11.8 Å². The Bertz CT molecular complexity index is 411. The zero-order valence-electron chi connectivity index (χ0n) is 9.96. The molecule has 1 nitrogen and oxygen atoms in total. The fraction of sp³-hybridized carbons (Fsp3) is 0.538. The van der Waals surface area contributed by atoms with Gasteiger partial charge >= 0.3 is 6.18 Å². The van der Waals surface area contributed by atoms with Gasteiger partial charge in [-0.1, -0.05) is 12.8 Å². The summed E-state index contributed by atoms with van der Waals surface area (Å²) in [6.07, 6.45) is 0.373. The summed E-state index contributed by atoms with van der Waals surface area (Å²) in [5.41, 5.74) is 4.99. The summed E-state index contributed by atoms with van der Waals surface area (Å²) in [6.45, 7) is 0. The Balaban J connectivity index is 2.11. The van der Waals surface area contributed by atoms with E-state index in [1.54, 1.807) is 0 Å². The highest BCUT2D eigenvalue weighted by Gasteiger charge is 2.33. The molecule has 18 heavy (non-hydrogen) atoms. The Kier molecular flexibility index (Phi) is 4.10. The molecular formula is C13H16F3NS. The van der Waals surface area contributed by atoms with E-state index in [4.69, 9.17) is 5.73 Å². The van der Waals surface area contributed by atoms with E-state index < -0.39 is 11.7 Å². The van der Waals surface area contributed by atoms with Gasteiger partial charge in [0.1, 0.15) is 0 Å². The molecule has 2 N–H and O–H groups in total. The minimum absolute atomic E-state index is 0.160. The standard InChI is InChI=1S/C13H16F3NS/c14-13(15,16)11-7-10(17)5-6-12(11)18-8-9-3-1-2-4-9/h5-7,9H,1-4,8,17H2. The number of thioether (sulfide) groups is 1. The Morgan fingerprint density at radius 1 is 1.22 bits per heavy atom. The molecule has 2 rings (SSSR count). The smallest absolute Gasteiger partial charge is 0.399 e. The number of halogens is 3. The second kappa shape index (κ2) is 5.43. The maximum absolute atomic E-state index is 12.9. The van der Waals surface area contributed by atoms with E-state index in [0.29, 0.717) is 10.8 Å². The summed E-state index contributed by atoms with van der Waals surface area (Å²) in [6, 6.07) is 4.04. The van der Waals surface area contributed by atoms with E-state index in [0.717, 1.165) is 24.7 Å². The molecule has 0 bridgehead atoms. The first-order valence-corrected chi connectivity index (χ1v) is 7.05. The Hall–Kier alpha value is -0.840. The molecule has 0 spiro atoms. The van der Waals surface area contributed by atoms with Crippen LogP contribution in [0, 0.1) is 5.92 Å². The molecule has 0 radical (unpaired) electrons. The molecule has 0 amide bonds. The molecule has 0 saturated heterocycles. The van der Waals surface area contributed by atoms with E-state index in [9.17, 15) is 13.2 Å². The maximum atomic E-state index is 12.9. The quantitative estimate of drug-likeness (QED) is 0.646. The highest BCUT2D eigenvalue weighted by atomic mass is 32.2. The number of benzene rings is 1. The van der Waals surface area contributed by atoms with Crippen LogP contribution in [-0.4, -0.2) is 5.75 Å². The van der Waals surface area contributed by atoms with Crippen molar-refractivity contribution in [2.24, 2.45) is 5.92 Å². The largest absolute Gasteiger partial charge is 0.417 e. The van der Waals surface area contributed by atoms with Crippen molar-refractivity contribution in [3.63, 3.8) is 0 Å². The topological polar surface area (TPSA) is 26.0 Å². The molecule has 1 aromatic carbocycles. The van der Waals surface area contributed by atoms with E-state index in [1.165, 1.54) is 36.7 Å². The maximum Gasteiger partial charge on any atom is 0.417 e.